The standard InChI is InChI=1S/C17H18N2O2/c1-12(20)17-14(18-16-9-5-6-10-19(16)17)11-13-7-3-4-8-15(13)21-2/h3-10,12,20H,11H2,1-2H3. The molecule has 21 heavy (non-hydrogen) atoms. The molecule has 4 heteroatoms. The zero-order chi connectivity index (χ0) is 14.8. The smallest absolute Gasteiger partial charge is 0.137 e. The fourth-order valence-electron chi connectivity index (χ4n) is 2.67. The first-order valence-electron chi connectivity index (χ1n) is 6.96. The first-order chi connectivity index (χ1) is 10.2. The second kappa shape index (κ2) is 5.58. The topological polar surface area (TPSA) is 46.8 Å². The Kier molecular flexibility index (Phi) is 3.62. The molecule has 0 bridgehead atoms. The fraction of sp³-hybridized carbons (Fsp3) is 0.235. The number of hydrogen-bond donors (Lipinski definition) is 1. The van der Waals surface area contributed by atoms with Crippen molar-refractivity contribution in [2.45, 2.75) is 19.4 Å². The van der Waals surface area contributed by atoms with Gasteiger partial charge in [-0.25, -0.2) is 4.98 Å². The molecular formula is C17H18N2O2. The van der Waals surface area contributed by atoms with Crippen molar-refractivity contribution in [1.29, 1.82) is 0 Å². The molecule has 1 N–H and O–H groups in total. The highest BCUT2D eigenvalue weighted by Gasteiger charge is 2.17. The van der Waals surface area contributed by atoms with Crippen LogP contribution in [0.2, 0.25) is 0 Å². The molecule has 0 fully saturated rings. The molecule has 0 saturated carbocycles. The summed E-state index contributed by atoms with van der Waals surface area (Å²) in [4.78, 5) is 4.65. The lowest BCUT2D eigenvalue weighted by Crippen LogP contribution is -2.03. The monoisotopic (exact) mass is 282 g/mol. The van der Waals surface area contributed by atoms with Gasteiger partial charge in [0.15, 0.2) is 0 Å². The van der Waals surface area contributed by atoms with E-state index in [-0.39, 0.29) is 0 Å². The summed E-state index contributed by atoms with van der Waals surface area (Å²) in [5.41, 5.74) is 3.61. The van der Waals surface area contributed by atoms with Crippen LogP contribution in [0.5, 0.6) is 5.75 Å². The predicted molar refractivity (Wildman–Crippen MR) is 81.6 cm³/mol. The lowest BCUT2D eigenvalue weighted by molar-refractivity contribution is 0.192. The van der Waals surface area contributed by atoms with Gasteiger partial charge >= 0.3 is 0 Å². The Balaban J connectivity index is 2.10. The van der Waals surface area contributed by atoms with Crippen molar-refractivity contribution in [3.63, 3.8) is 0 Å². The van der Waals surface area contributed by atoms with Gasteiger partial charge in [-0.05, 0) is 25.1 Å². The third-order valence-corrected chi connectivity index (χ3v) is 3.59. The number of aliphatic hydroxyl groups is 1. The van der Waals surface area contributed by atoms with Crippen LogP contribution in [0, 0.1) is 0 Å². The van der Waals surface area contributed by atoms with E-state index in [2.05, 4.69) is 4.98 Å². The van der Waals surface area contributed by atoms with Gasteiger partial charge in [0.1, 0.15) is 11.4 Å². The minimum absolute atomic E-state index is 0.577. The quantitative estimate of drug-likeness (QED) is 0.800. The largest absolute Gasteiger partial charge is 0.496 e. The predicted octanol–water partition coefficient (Wildman–Crippen LogP) is 2.99. The first kappa shape index (κ1) is 13.6. The first-order valence-corrected chi connectivity index (χ1v) is 6.96. The summed E-state index contributed by atoms with van der Waals surface area (Å²) in [6.45, 7) is 1.77. The molecule has 0 aliphatic rings. The van der Waals surface area contributed by atoms with Crippen LogP contribution in [-0.2, 0) is 6.42 Å². The summed E-state index contributed by atoms with van der Waals surface area (Å²) in [7, 11) is 1.66. The van der Waals surface area contributed by atoms with Crippen LogP contribution in [0.4, 0.5) is 0 Å². The molecule has 1 unspecified atom stereocenters. The van der Waals surface area contributed by atoms with Crippen molar-refractivity contribution in [2.75, 3.05) is 7.11 Å². The number of aliphatic hydroxyl groups excluding tert-OH is 1. The molecule has 3 aromatic rings. The third-order valence-electron chi connectivity index (χ3n) is 3.59. The molecule has 0 aliphatic carbocycles. The van der Waals surface area contributed by atoms with E-state index in [4.69, 9.17) is 4.74 Å². The fourth-order valence-corrected chi connectivity index (χ4v) is 2.67. The van der Waals surface area contributed by atoms with E-state index < -0.39 is 6.10 Å². The Morgan fingerprint density at radius 1 is 1.19 bits per heavy atom. The van der Waals surface area contributed by atoms with E-state index in [0.717, 1.165) is 28.3 Å². The molecule has 3 rings (SSSR count). The maximum Gasteiger partial charge on any atom is 0.137 e. The summed E-state index contributed by atoms with van der Waals surface area (Å²) in [6, 6.07) is 13.7. The summed E-state index contributed by atoms with van der Waals surface area (Å²) in [5.74, 6) is 0.839. The van der Waals surface area contributed by atoms with E-state index in [1.165, 1.54) is 0 Å². The van der Waals surface area contributed by atoms with Crippen LogP contribution in [-0.4, -0.2) is 21.6 Å². The van der Waals surface area contributed by atoms with E-state index in [1.807, 2.05) is 53.1 Å². The van der Waals surface area contributed by atoms with Crippen LogP contribution in [0.3, 0.4) is 0 Å². The van der Waals surface area contributed by atoms with Crippen molar-refractivity contribution in [3.05, 3.63) is 65.6 Å². The number of imidazole rings is 1. The van der Waals surface area contributed by atoms with E-state index >= 15 is 0 Å². The number of benzene rings is 1. The molecule has 0 amide bonds. The van der Waals surface area contributed by atoms with Crippen LogP contribution < -0.4 is 4.74 Å². The van der Waals surface area contributed by atoms with Crippen molar-refractivity contribution in [3.8, 4) is 5.75 Å². The molecule has 2 heterocycles. The van der Waals surface area contributed by atoms with Crippen molar-refractivity contribution in [2.24, 2.45) is 0 Å². The lowest BCUT2D eigenvalue weighted by atomic mass is 10.1. The summed E-state index contributed by atoms with van der Waals surface area (Å²) < 4.78 is 7.33. The average molecular weight is 282 g/mol. The van der Waals surface area contributed by atoms with E-state index in [0.29, 0.717) is 6.42 Å². The second-order valence-corrected chi connectivity index (χ2v) is 5.04. The van der Waals surface area contributed by atoms with Crippen LogP contribution >= 0.6 is 0 Å². The zero-order valence-electron chi connectivity index (χ0n) is 12.2. The van der Waals surface area contributed by atoms with Gasteiger partial charge in [-0.1, -0.05) is 24.3 Å². The minimum Gasteiger partial charge on any atom is -0.496 e. The summed E-state index contributed by atoms with van der Waals surface area (Å²) >= 11 is 0. The SMILES string of the molecule is COc1ccccc1Cc1nc2ccccn2c1C(C)O. The van der Waals surface area contributed by atoms with Gasteiger partial charge in [0.25, 0.3) is 0 Å². The van der Waals surface area contributed by atoms with Gasteiger partial charge in [0, 0.05) is 18.2 Å². The van der Waals surface area contributed by atoms with Crippen molar-refractivity contribution >= 4 is 5.65 Å². The molecular weight excluding hydrogens is 264 g/mol. The molecule has 2 aromatic heterocycles. The third kappa shape index (κ3) is 2.50. The molecule has 1 aromatic carbocycles. The highest BCUT2D eigenvalue weighted by Crippen LogP contribution is 2.26. The number of aromatic nitrogens is 2. The number of methoxy groups -OCH3 is 1. The van der Waals surface area contributed by atoms with Gasteiger partial charge in [0.05, 0.1) is 24.6 Å². The molecule has 0 radical (unpaired) electrons. The average Bonchev–Trinajstić information content (AvgIpc) is 2.85. The van der Waals surface area contributed by atoms with Crippen molar-refractivity contribution in [1.82, 2.24) is 9.38 Å². The number of hydrogen-bond acceptors (Lipinski definition) is 3. The van der Waals surface area contributed by atoms with Gasteiger partial charge in [0.2, 0.25) is 0 Å². The summed E-state index contributed by atoms with van der Waals surface area (Å²) in [6.07, 6.45) is 1.98. The number of fused-ring (bicyclic) bond motifs is 1. The van der Waals surface area contributed by atoms with Gasteiger partial charge in [-0.3, -0.25) is 0 Å². The minimum atomic E-state index is -0.577. The molecule has 0 aliphatic heterocycles. The molecule has 0 spiro atoms. The number of rotatable bonds is 4. The van der Waals surface area contributed by atoms with E-state index in [1.54, 1.807) is 14.0 Å². The summed E-state index contributed by atoms with van der Waals surface area (Å²) in [5, 5.41) is 10.1. The number of ether oxygens (including phenoxy) is 1. The Hall–Kier alpha value is -2.33. The molecule has 4 nitrogen and oxygen atoms in total. The normalized spacial score (nSPS) is 12.5. The van der Waals surface area contributed by atoms with E-state index in [9.17, 15) is 5.11 Å². The highest BCUT2D eigenvalue weighted by atomic mass is 16.5. The number of nitrogens with zero attached hydrogens (tertiary/aromatic N) is 2. The maximum absolute atomic E-state index is 10.1. The lowest BCUT2D eigenvalue weighted by Gasteiger charge is -2.10. The van der Waals surface area contributed by atoms with Crippen LogP contribution in [0.15, 0.2) is 48.7 Å². The Morgan fingerprint density at radius 2 is 1.95 bits per heavy atom. The molecule has 0 saturated heterocycles. The Bertz CT molecular complexity index is 762. The Labute approximate surface area is 123 Å². The number of pyridine rings is 1. The van der Waals surface area contributed by atoms with Gasteiger partial charge in [-0.15, -0.1) is 0 Å². The molecule has 108 valence electrons. The van der Waals surface area contributed by atoms with Gasteiger partial charge in [-0.2, -0.15) is 0 Å². The highest BCUT2D eigenvalue weighted by molar-refractivity contribution is 5.46. The zero-order valence-corrected chi connectivity index (χ0v) is 12.2. The Morgan fingerprint density at radius 3 is 2.71 bits per heavy atom. The van der Waals surface area contributed by atoms with Crippen LogP contribution in [0.25, 0.3) is 5.65 Å². The number of para-hydroxylation sites is 1. The molecule has 1 atom stereocenters. The maximum atomic E-state index is 10.1. The van der Waals surface area contributed by atoms with Crippen molar-refractivity contribution < 1.29 is 9.84 Å². The van der Waals surface area contributed by atoms with Crippen LogP contribution in [0.1, 0.15) is 30.0 Å². The van der Waals surface area contributed by atoms with Gasteiger partial charge < -0.3 is 14.2 Å². The second-order valence-electron chi connectivity index (χ2n) is 5.04.